The van der Waals surface area contributed by atoms with Crippen LogP contribution in [0.4, 0.5) is 4.39 Å². The number of H-pyrrole nitrogens is 1. The number of benzene rings is 1. The smallest absolute Gasteiger partial charge is 0.233 e. The number of thioether (sulfide) groups is 1. The third kappa shape index (κ3) is 4.30. The molecule has 7 heteroatoms. The first kappa shape index (κ1) is 16.5. The minimum absolute atomic E-state index is 0.0882. The van der Waals surface area contributed by atoms with Crippen LogP contribution in [-0.4, -0.2) is 31.9 Å². The molecule has 0 aliphatic heterocycles. The van der Waals surface area contributed by atoms with Crippen LogP contribution < -0.4 is 5.32 Å². The molecule has 0 aliphatic carbocycles. The van der Waals surface area contributed by atoms with Crippen molar-refractivity contribution >= 4 is 17.7 Å². The highest BCUT2D eigenvalue weighted by atomic mass is 32.2. The average molecular weight is 322 g/mol. The summed E-state index contributed by atoms with van der Waals surface area (Å²) in [5.74, 6) is -0.104. The first-order valence-electron chi connectivity index (χ1n) is 6.92. The van der Waals surface area contributed by atoms with Gasteiger partial charge < -0.3 is 5.32 Å². The molecule has 1 unspecified atom stereocenters. The molecule has 118 valence electrons. The zero-order chi connectivity index (χ0) is 16.3. The summed E-state index contributed by atoms with van der Waals surface area (Å²) in [6.45, 7) is 7.55. The van der Waals surface area contributed by atoms with E-state index in [1.165, 1.54) is 17.8 Å². The molecule has 1 amide bonds. The number of rotatable bonds is 4. The fourth-order valence-corrected chi connectivity index (χ4v) is 2.48. The molecule has 1 aromatic carbocycles. The lowest BCUT2D eigenvalue weighted by molar-refractivity contribution is -0.121. The lowest BCUT2D eigenvalue weighted by atomic mass is 10.1. The Labute approximate surface area is 133 Å². The minimum Gasteiger partial charge on any atom is -0.351 e. The van der Waals surface area contributed by atoms with Crippen molar-refractivity contribution in [2.45, 2.75) is 43.6 Å². The maximum absolute atomic E-state index is 13.7. The number of hydrogen-bond donors (Lipinski definition) is 2. The summed E-state index contributed by atoms with van der Waals surface area (Å²) < 4.78 is 13.7. The monoisotopic (exact) mass is 322 g/mol. The predicted molar refractivity (Wildman–Crippen MR) is 85.0 cm³/mol. The fraction of sp³-hybridized carbons (Fsp3) is 0.400. The Balaban J connectivity index is 2.06. The van der Waals surface area contributed by atoms with Crippen LogP contribution in [0.3, 0.4) is 0 Å². The van der Waals surface area contributed by atoms with Gasteiger partial charge in [0.15, 0.2) is 5.82 Å². The number of aromatic amines is 1. The quantitative estimate of drug-likeness (QED) is 0.849. The van der Waals surface area contributed by atoms with E-state index in [2.05, 4.69) is 20.5 Å². The van der Waals surface area contributed by atoms with E-state index in [4.69, 9.17) is 0 Å². The van der Waals surface area contributed by atoms with Crippen molar-refractivity contribution in [1.82, 2.24) is 20.5 Å². The van der Waals surface area contributed by atoms with Crippen molar-refractivity contribution in [3.63, 3.8) is 0 Å². The van der Waals surface area contributed by atoms with Gasteiger partial charge in [-0.25, -0.2) is 9.37 Å². The van der Waals surface area contributed by atoms with E-state index >= 15 is 0 Å². The van der Waals surface area contributed by atoms with Crippen LogP contribution in [0.1, 0.15) is 27.7 Å². The zero-order valence-corrected chi connectivity index (χ0v) is 13.8. The Kier molecular flexibility index (Phi) is 4.85. The Bertz CT molecular complexity index is 666. The maximum atomic E-state index is 13.7. The molecule has 2 N–H and O–H groups in total. The zero-order valence-electron chi connectivity index (χ0n) is 13.0. The van der Waals surface area contributed by atoms with Crippen LogP contribution in [0.25, 0.3) is 11.4 Å². The molecular formula is C15H19FN4OS. The summed E-state index contributed by atoms with van der Waals surface area (Å²) in [6, 6.07) is 6.33. The second-order valence-electron chi connectivity index (χ2n) is 5.95. The van der Waals surface area contributed by atoms with Crippen LogP contribution in [0.5, 0.6) is 0 Å². The van der Waals surface area contributed by atoms with Crippen molar-refractivity contribution < 1.29 is 9.18 Å². The number of halogens is 1. The van der Waals surface area contributed by atoms with E-state index in [0.717, 1.165) is 0 Å². The van der Waals surface area contributed by atoms with Crippen LogP contribution >= 0.6 is 11.8 Å². The minimum atomic E-state index is -0.367. The molecule has 1 atom stereocenters. The van der Waals surface area contributed by atoms with Gasteiger partial charge >= 0.3 is 0 Å². The number of aromatic nitrogens is 3. The topological polar surface area (TPSA) is 70.7 Å². The van der Waals surface area contributed by atoms with E-state index in [1.807, 2.05) is 20.8 Å². The highest BCUT2D eigenvalue weighted by Gasteiger charge is 2.22. The van der Waals surface area contributed by atoms with Crippen molar-refractivity contribution in [1.29, 1.82) is 0 Å². The summed E-state index contributed by atoms with van der Waals surface area (Å²) in [5.41, 5.74) is 0.0668. The lowest BCUT2D eigenvalue weighted by Crippen LogP contribution is -2.44. The van der Waals surface area contributed by atoms with Crippen molar-refractivity contribution in [3.8, 4) is 11.4 Å². The summed E-state index contributed by atoms with van der Waals surface area (Å²) >= 11 is 1.23. The molecule has 0 saturated carbocycles. The van der Waals surface area contributed by atoms with E-state index < -0.39 is 0 Å². The van der Waals surface area contributed by atoms with E-state index in [1.54, 1.807) is 25.1 Å². The lowest BCUT2D eigenvalue weighted by Gasteiger charge is -2.22. The van der Waals surface area contributed by atoms with Gasteiger partial charge in [-0.2, -0.15) is 0 Å². The van der Waals surface area contributed by atoms with Gasteiger partial charge in [0, 0.05) is 5.54 Å². The number of amides is 1. The highest BCUT2D eigenvalue weighted by Crippen LogP contribution is 2.24. The summed E-state index contributed by atoms with van der Waals surface area (Å²) in [7, 11) is 0. The third-order valence-corrected chi connectivity index (χ3v) is 3.70. The molecule has 22 heavy (non-hydrogen) atoms. The number of carbonyl (C=O) groups is 1. The number of nitrogens with one attached hydrogen (secondary N) is 2. The molecule has 1 aromatic heterocycles. The SMILES string of the molecule is CC(Sc1n[nH]c(-c2ccccc2F)n1)C(=O)NC(C)(C)C. The first-order chi connectivity index (χ1) is 10.3. The first-order valence-corrected chi connectivity index (χ1v) is 7.80. The average Bonchev–Trinajstić information content (AvgIpc) is 2.85. The van der Waals surface area contributed by atoms with Gasteiger partial charge in [-0.05, 0) is 39.8 Å². The Morgan fingerprint density at radius 2 is 2.05 bits per heavy atom. The molecule has 2 rings (SSSR count). The molecule has 0 saturated heterocycles. The molecule has 5 nitrogen and oxygen atoms in total. The Hall–Kier alpha value is -1.89. The molecular weight excluding hydrogens is 303 g/mol. The summed E-state index contributed by atoms with van der Waals surface area (Å²) in [5, 5.41) is 9.70. The van der Waals surface area contributed by atoms with Gasteiger partial charge in [-0.3, -0.25) is 9.89 Å². The Morgan fingerprint density at radius 3 is 2.68 bits per heavy atom. The van der Waals surface area contributed by atoms with Gasteiger partial charge in [0.05, 0.1) is 10.8 Å². The number of hydrogen-bond acceptors (Lipinski definition) is 4. The van der Waals surface area contributed by atoms with Crippen molar-refractivity contribution in [2.75, 3.05) is 0 Å². The second kappa shape index (κ2) is 6.48. The molecule has 0 fully saturated rings. The van der Waals surface area contributed by atoms with Gasteiger partial charge in [-0.15, -0.1) is 5.10 Å². The highest BCUT2D eigenvalue weighted by molar-refractivity contribution is 8.00. The molecule has 2 aromatic rings. The number of carbonyl (C=O) groups excluding carboxylic acids is 1. The molecule has 0 radical (unpaired) electrons. The normalized spacial score (nSPS) is 13.0. The summed E-state index contributed by atoms with van der Waals surface area (Å²) in [4.78, 5) is 16.3. The molecule has 0 spiro atoms. The molecule has 0 aliphatic rings. The summed E-state index contributed by atoms with van der Waals surface area (Å²) in [6.07, 6.45) is 0. The third-order valence-electron chi connectivity index (χ3n) is 2.74. The fourth-order valence-electron chi connectivity index (χ4n) is 1.76. The Morgan fingerprint density at radius 1 is 1.36 bits per heavy atom. The largest absolute Gasteiger partial charge is 0.351 e. The van der Waals surface area contributed by atoms with Gasteiger partial charge in [-0.1, -0.05) is 23.9 Å². The van der Waals surface area contributed by atoms with Gasteiger partial charge in [0.25, 0.3) is 0 Å². The maximum Gasteiger partial charge on any atom is 0.233 e. The van der Waals surface area contributed by atoms with Gasteiger partial charge in [0.2, 0.25) is 11.1 Å². The predicted octanol–water partition coefficient (Wildman–Crippen LogP) is 3.01. The standard InChI is InChI=1S/C15H19FN4OS/c1-9(13(21)18-15(2,3)4)22-14-17-12(19-20-14)10-7-5-6-8-11(10)16/h5-9H,1-4H3,(H,18,21)(H,17,19,20). The molecule has 0 bridgehead atoms. The van der Waals surface area contributed by atoms with Crippen molar-refractivity contribution in [3.05, 3.63) is 30.1 Å². The van der Waals surface area contributed by atoms with E-state index in [9.17, 15) is 9.18 Å². The van der Waals surface area contributed by atoms with Crippen LogP contribution in [0.15, 0.2) is 29.4 Å². The van der Waals surface area contributed by atoms with Crippen molar-refractivity contribution in [2.24, 2.45) is 0 Å². The second-order valence-corrected chi connectivity index (χ2v) is 7.25. The van der Waals surface area contributed by atoms with Crippen LogP contribution in [0, 0.1) is 5.82 Å². The number of nitrogens with zero attached hydrogens (tertiary/aromatic N) is 2. The van der Waals surface area contributed by atoms with Crippen LogP contribution in [-0.2, 0) is 4.79 Å². The van der Waals surface area contributed by atoms with E-state index in [0.29, 0.717) is 16.5 Å². The van der Waals surface area contributed by atoms with Crippen LogP contribution in [0.2, 0.25) is 0 Å². The van der Waals surface area contributed by atoms with Gasteiger partial charge in [0.1, 0.15) is 5.82 Å². The molecule has 1 heterocycles. The van der Waals surface area contributed by atoms with E-state index in [-0.39, 0.29) is 22.5 Å².